The Morgan fingerprint density at radius 3 is 2.90 bits per heavy atom. The van der Waals surface area contributed by atoms with Crippen LogP contribution in [0.1, 0.15) is 31.4 Å². The van der Waals surface area contributed by atoms with Gasteiger partial charge in [0.25, 0.3) is 0 Å². The van der Waals surface area contributed by atoms with E-state index in [1.54, 1.807) is 6.07 Å². The van der Waals surface area contributed by atoms with Crippen LogP contribution in [0.3, 0.4) is 0 Å². The Balaban J connectivity index is 1.86. The van der Waals surface area contributed by atoms with Crippen molar-refractivity contribution in [1.82, 2.24) is 9.97 Å². The summed E-state index contributed by atoms with van der Waals surface area (Å²) in [5, 5.41) is 10.6. The van der Waals surface area contributed by atoms with Gasteiger partial charge in [-0.15, -0.1) is 0 Å². The Morgan fingerprint density at radius 2 is 2.24 bits per heavy atom. The van der Waals surface area contributed by atoms with Crippen molar-refractivity contribution in [3.8, 4) is 0 Å². The van der Waals surface area contributed by atoms with E-state index in [2.05, 4.69) is 15.0 Å². The maximum Gasteiger partial charge on any atom is 0.411 e. The number of nitrogens with one attached hydrogen (secondary N) is 1. The Labute approximate surface area is 120 Å². The molecule has 0 unspecified atom stereocenters. The van der Waals surface area contributed by atoms with Crippen LogP contribution in [0.25, 0.3) is 0 Å². The minimum Gasteiger partial charge on any atom is -0.465 e. The van der Waals surface area contributed by atoms with Gasteiger partial charge in [0, 0.05) is 31.8 Å². The number of halogens is 2. The Morgan fingerprint density at radius 1 is 1.52 bits per heavy atom. The fourth-order valence-electron chi connectivity index (χ4n) is 2.18. The number of hydrogen-bond acceptors (Lipinski definition) is 4. The first-order valence-corrected chi connectivity index (χ1v) is 6.65. The molecular formula is C13H16F2N4O2. The van der Waals surface area contributed by atoms with Crippen LogP contribution in [0.5, 0.6) is 0 Å². The van der Waals surface area contributed by atoms with Crippen LogP contribution < -0.4 is 5.32 Å². The van der Waals surface area contributed by atoms with Crippen molar-refractivity contribution in [2.75, 3.05) is 11.9 Å². The molecule has 6 nitrogen and oxygen atoms in total. The van der Waals surface area contributed by atoms with Crippen molar-refractivity contribution in [2.24, 2.45) is 10.9 Å². The van der Waals surface area contributed by atoms with E-state index in [1.807, 2.05) is 5.32 Å². The molecule has 1 aliphatic carbocycles. The minimum atomic E-state index is -2.52. The summed E-state index contributed by atoms with van der Waals surface area (Å²) in [5.41, 5.74) is 0.467. The first kappa shape index (κ1) is 15.3. The van der Waals surface area contributed by atoms with Gasteiger partial charge in [0.2, 0.25) is 11.9 Å². The van der Waals surface area contributed by atoms with Gasteiger partial charge in [0.15, 0.2) is 0 Å². The zero-order valence-electron chi connectivity index (χ0n) is 11.3. The molecule has 1 saturated carbocycles. The summed E-state index contributed by atoms with van der Waals surface area (Å²) in [5.74, 6) is -2.38. The second kappa shape index (κ2) is 6.55. The lowest BCUT2D eigenvalue weighted by atomic mass is 9.87. The van der Waals surface area contributed by atoms with Crippen molar-refractivity contribution in [2.45, 2.75) is 31.6 Å². The summed E-state index contributed by atoms with van der Waals surface area (Å²) >= 11 is 0. The Kier molecular flexibility index (Phi) is 4.77. The predicted octanol–water partition coefficient (Wildman–Crippen LogP) is 2.81. The molecule has 21 heavy (non-hydrogen) atoms. The molecule has 1 aliphatic rings. The molecule has 0 aliphatic heterocycles. The molecule has 2 N–H and O–H groups in total. The monoisotopic (exact) mass is 298 g/mol. The summed E-state index contributed by atoms with van der Waals surface area (Å²) in [6.07, 6.45) is 2.47. The fourth-order valence-corrected chi connectivity index (χ4v) is 2.18. The third-order valence-corrected chi connectivity index (χ3v) is 3.32. The molecule has 0 atom stereocenters. The van der Waals surface area contributed by atoms with Gasteiger partial charge in [-0.2, -0.15) is 0 Å². The molecule has 1 aromatic heterocycles. The second-order valence-electron chi connectivity index (χ2n) is 5.03. The molecule has 0 radical (unpaired) electrons. The fraction of sp³-hybridized carbons (Fsp3) is 0.538. The van der Waals surface area contributed by atoms with Gasteiger partial charge in [-0.05, 0) is 24.8 Å². The van der Waals surface area contributed by atoms with Gasteiger partial charge in [-0.25, -0.2) is 23.5 Å². The minimum absolute atomic E-state index is 0.0243. The zero-order valence-corrected chi connectivity index (χ0v) is 11.3. The number of alkyl halides is 2. The van der Waals surface area contributed by atoms with Crippen molar-refractivity contribution in [3.63, 3.8) is 0 Å². The molecule has 1 amide bonds. The molecule has 0 bridgehead atoms. The van der Waals surface area contributed by atoms with Gasteiger partial charge >= 0.3 is 6.09 Å². The largest absolute Gasteiger partial charge is 0.465 e. The average molecular weight is 298 g/mol. The van der Waals surface area contributed by atoms with E-state index in [9.17, 15) is 13.6 Å². The van der Waals surface area contributed by atoms with Crippen molar-refractivity contribution in [3.05, 3.63) is 18.0 Å². The summed E-state index contributed by atoms with van der Waals surface area (Å²) < 4.78 is 26.0. The number of carboxylic acid groups (broad SMARTS) is 1. The van der Waals surface area contributed by atoms with Gasteiger partial charge in [-0.1, -0.05) is 0 Å². The topological polar surface area (TPSA) is 87.5 Å². The van der Waals surface area contributed by atoms with Crippen LogP contribution in [-0.4, -0.2) is 39.8 Å². The van der Waals surface area contributed by atoms with E-state index in [-0.39, 0.29) is 24.7 Å². The first-order valence-electron chi connectivity index (χ1n) is 6.65. The molecule has 1 aromatic rings. The molecule has 1 heterocycles. The highest BCUT2D eigenvalue weighted by atomic mass is 19.3. The van der Waals surface area contributed by atoms with Crippen molar-refractivity contribution in [1.29, 1.82) is 0 Å². The second-order valence-corrected chi connectivity index (χ2v) is 5.03. The maximum absolute atomic E-state index is 13.0. The number of hydrogen-bond donors (Lipinski definition) is 2. The molecule has 1 fully saturated rings. The maximum atomic E-state index is 13.0. The summed E-state index contributed by atoms with van der Waals surface area (Å²) in [4.78, 5) is 22.4. The summed E-state index contributed by atoms with van der Waals surface area (Å²) in [6, 6.07) is 1.59. The summed E-state index contributed by atoms with van der Waals surface area (Å²) in [6.45, 7) is 0.474. The lowest BCUT2D eigenvalue weighted by molar-refractivity contribution is -0.0446. The van der Waals surface area contributed by atoms with Crippen LogP contribution >= 0.6 is 0 Å². The predicted molar refractivity (Wildman–Crippen MR) is 73.0 cm³/mol. The standard InChI is InChI=1S/C13H16F2N4O2/c14-13(15)4-1-9(2-5-13)7-16-8-10-3-6-17-11(18-10)19-12(20)21/h3,6,8-9H,1-2,4-5,7H2,(H,20,21)(H,17,18,19)/b16-8+. The molecule has 8 heteroatoms. The van der Waals surface area contributed by atoms with Gasteiger partial charge in [0.05, 0.1) is 5.69 Å². The van der Waals surface area contributed by atoms with Crippen LogP contribution in [-0.2, 0) is 0 Å². The number of aromatic nitrogens is 2. The highest BCUT2D eigenvalue weighted by Crippen LogP contribution is 2.36. The van der Waals surface area contributed by atoms with Gasteiger partial charge in [0.1, 0.15) is 0 Å². The number of aliphatic imine (C=N–C) groups is 1. The quantitative estimate of drug-likeness (QED) is 0.837. The van der Waals surface area contributed by atoms with E-state index in [0.717, 1.165) is 0 Å². The molecule has 0 aromatic carbocycles. The van der Waals surface area contributed by atoms with Gasteiger partial charge < -0.3 is 5.11 Å². The first-order chi connectivity index (χ1) is 9.94. The average Bonchev–Trinajstić information content (AvgIpc) is 2.40. The van der Waals surface area contributed by atoms with Crippen LogP contribution in [0.2, 0.25) is 0 Å². The van der Waals surface area contributed by atoms with E-state index in [4.69, 9.17) is 5.11 Å². The highest BCUT2D eigenvalue weighted by Gasteiger charge is 2.34. The normalized spacial score (nSPS) is 18.8. The van der Waals surface area contributed by atoms with E-state index in [0.29, 0.717) is 25.1 Å². The number of anilines is 1. The molecular weight excluding hydrogens is 282 g/mol. The van der Waals surface area contributed by atoms with Crippen LogP contribution in [0.4, 0.5) is 19.5 Å². The Bertz CT molecular complexity index is 527. The van der Waals surface area contributed by atoms with E-state index >= 15 is 0 Å². The molecule has 0 spiro atoms. The number of amides is 1. The summed E-state index contributed by atoms with van der Waals surface area (Å²) in [7, 11) is 0. The van der Waals surface area contributed by atoms with Gasteiger partial charge in [-0.3, -0.25) is 10.3 Å². The highest BCUT2D eigenvalue weighted by molar-refractivity contribution is 5.82. The molecule has 2 rings (SSSR count). The number of rotatable bonds is 4. The molecule has 0 saturated heterocycles. The van der Waals surface area contributed by atoms with E-state index < -0.39 is 12.0 Å². The Hall–Kier alpha value is -2.12. The zero-order chi connectivity index (χ0) is 15.3. The van der Waals surface area contributed by atoms with Crippen LogP contribution in [0, 0.1) is 5.92 Å². The van der Waals surface area contributed by atoms with Crippen molar-refractivity contribution < 1.29 is 18.7 Å². The SMILES string of the molecule is O=C(O)Nc1nccc(/C=N/CC2CCC(F)(F)CC2)n1. The third kappa shape index (κ3) is 5.05. The van der Waals surface area contributed by atoms with Crippen LogP contribution in [0.15, 0.2) is 17.3 Å². The van der Waals surface area contributed by atoms with Crippen molar-refractivity contribution >= 4 is 18.3 Å². The third-order valence-electron chi connectivity index (χ3n) is 3.32. The lowest BCUT2D eigenvalue weighted by Gasteiger charge is -2.26. The number of carbonyl (C=O) groups is 1. The lowest BCUT2D eigenvalue weighted by Crippen LogP contribution is -2.25. The van der Waals surface area contributed by atoms with E-state index in [1.165, 1.54) is 12.4 Å². The number of nitrogens with zero attached hydrogens (tertiary/aromatic N) is 3. The smallest absolute Gasteiger partial charge is 0.411 e. The molecule has 114 valence electrons.